The number of benzene rings is 2. The number of amides is 2. The molecule has 1 aliphatic rings. The number of nitrogens with one attached hydrogen (secondary N) is 1. The van der Waals surface area contributed by atoms with Crippen LogP contribution in [-0.4, -0.2) is 18.6 Å². The maximum absolute atomic E-state index is 13.1. The van der Waals surface area contributed by atoms with E-state index in [1.165, 1.54) is 17.0 Å². The van der Waals surface area contributed by atoms with Crippen LogP contribution in [0.25, 0.3) is 0 Å². The summed E-state index contributed by atoms with van der Waals surface area (Å²) in [5.74, 6) is -0.328. The van der Waals surface area contributed by atoms with Gasteiger partial charge in [0.2, 0.25) is 0 Å². The molecule has 0 atom stereocenters. The van der Waals surface area contributed by atoms with Crippen LogP contribution in [0.1, 0.15) is 24.8 Å². The molecule has 0 spiro atoms. The van der Waals surface area contributed by atoms with E-state index in [-0.39, 0.29) is 17.4 Å². The monoisotopic (exact) mass is 380 g/mol. The Morgan fingerprint density at radius 3 is 2.44 bits per heavy atom. The minimum Gasteiger partial charge on any atom is -0.332 e. The van der Waals surface area contributed by atoms with Crippen molar-refractivity contribution in [2.24, 2.45) is 0 Å². The third-order valence-electron chi connectivity index (χ3n) is 4.75. The molecule has 0 unspecified atom stereocenters. The summed E-state index contributed by atoms with van der Waals surface area (Å²) in [7, 11) is 1.67. The number of rotatable bonds is 4. The van der Waals surface area contributed by atoms with Gasteiger partial charge in [0.25, 0.3) is 0 Å². The Kier molecular flexibility index (Phi) is 5.21. The first-order chi connectivity index (χ1) is 11.9. The molecule has 1 fully saturated rings. The first-order valence-corrected chi connectivity index (χ1v) is 8.90. The highest BCUT2D eigenvalue weighted by atomic mass is 35.5. The van der Waals surface area contributed by atoms with Crippen molar-refractivity contribution in [2.45, 2.75) is 31.2 Å². The van der Waals surface area contributed by atoms with Crippen LogP contribution in [0.3, 0.4) is 0 Å². The number of anilines is 1. The van der Waals surface area contributed by atoms with Crippen LogP contribution < -0.4 is 10.2 Å². The van der Waals surface area contributed by atoms with Crippen molar-refractivity contribution in [3.8, 4) is 0 Å². The van der Waals surface area contributed by atoms with E-state index >= 15 is 0 Å². The van der Waals surface area contributed by atoms with Crippen LogP contribution in [-0.2, 0) is 6.42 Å². The highest BCUT2D eigenvalue weighted by molar-refractivity contribution is 6.35. The lowest BCUT2D eigenvalue weighted by Gasteiger charge is -2.43. The van der Waals surface area contributed by atoms with Gasteiger partial charge in [0.1, 0.15) is 5.82 Å². The van der Waals surface area contributed by atoms with Crippen LogP contribution in [0, 0.1) is 5.82 Å². The highest BCUT2D eigenvalue weighted by Gasteiger charge is 2.39. The summed E-state index contributed by atoms with van der Waals surface area (Å²) in [5.41, 5.74) is 1.30. The van der Waals surface area contributed by atoms with Crippen molar-refractivity contribution in [3.63, 3.8) is 0 Å². The molecule has 1 saturated carbocycles. The van der Waals surface area contributed by atoms with Gasteiger partial charge < -0.3 is 5.32 Å². The number of carbonyl (C=O) groups is 1. The minimum absolute atomic E-state index is 0.212. The van der Waals surface area contributed by atoms with Gasteiger partial charge in [-0.3, -0.25) is 4.90 Å². The van der Waals surface area contributed by atoms with E-state index in [1.807, 2.05) is 12.1 Å². The van der Waals surface area contributed by atoms with Crippen molar-refractivity contribution in [1.29, 1.82) is 0 Å². The third-order valence-corrected chi connectivity index (χ3v) is 5.33. The van der Waals surface area contributed by atoms with Crippen molar-refractivity contribution in [2.75, 3.05) is 11.9 Å². The molecule has 0 aromatic heterocycles. The van der Waals surface area contributed by atoms with Crippen LogP contribution in [0.2, 0.25) is 10.0 Å². The highest BCUT2D eigenvalue weighted by Crippen LogP contribution is 2.37. The van der Waals surface area contributed by atoms with Gasteiger partial charge in [0.05, 0.1) is 0 Å². The van der Waals surface area contributed by atoms with Crippen molar-refractivity contribution >= 4 is 34.9 Å². The standard InChI is InChI=1S/C19H19Cl2FN2O/c1-24(16-7-5-15(22)6-8-16)18(25)23-19(9-2-10-19)12-13-3-4-14(20)11-17(13)21/h3-8,11H,2,9-10,12H2,1H3,(H,23,25). The molecular weight excluding hydrogens is 362 g/mol. The maximum Gasteiger partial charge on any atom is 0.322 e. The topological polar surface area (TPSA) is 32.3 Å². The molecule has 0 heterocycles. The summed E-state index contributed by atoms with van der Waals surface area (Å²) in [5, 5.41) is 4.34. The Balaban J connectivity index is 1.72. The average molecular weight is 381 g/mol. The van der Waals surface area contributed by atoms with E-state index in [0.717, 1.165) is 24.8 Å². The molecule has 25 heavy (non-hydrogen) atoms. The summed E-state index contributed by atoms with van der Waals surface area (Å²) in [6, 6.07) is 11.1. The first-order valence-electron chi connectivity index (χ1n) is 8.14. The number of hydrogen-bond acceptors (Lipinski definition) is 1. The number of carbonyl (C=O) groups excluding carboxylic acids is 1. The smallest absolute Gasteiger partial charge is 0.322 e. The van der Waals surface area contributed by atoms with Gasteiger partial charge >= 0.3 is 6.03 Å². The fourth-order valence-electron chi connectivity index (χ4n) is 3.07. The fraction of sp³-hybridized carbons (Fsp3) is 0.316. The predicted octanol–water partition coefficient (Wildman–Crippen LogP) is 5.44. The van der Waals surface area contributed by atoms with Gasteiger partial charge in [0, 0.05) is 28.3 Å². The molecule has 2 aromatic rings. The fourth-order valence-corrected chi connectivity index (χ4v) is 3.55. The molecule has 0 aliphatic heterocycles. The first kappa shape index (κ1) is 18.0. The number of urea groups is 1. The van der Waals surface area contributed by atoms with E-state index in [2.05, 4.69) is 5.32 Å². The summed E-state index contributed by atoms with van der Waals surface area (Å²) >= 11 is 12.2. The number of hydrogen-bond donors (Lipinski definition) is 1. The second-order valence-corrected chi connectivity index (χ2v) is 7.36. The normalized spacial score (nSPS) is 15.4. The zero-order valence-electron chi connectivity index (χ0n) is 13.9. The van der Waals surface area contributed by atoms with Gasteiger partial charge in [-0.15, -0.1) is 0 Å². The Hall–Kier alpha value is -1.78. The van der Waals surface area contributed by atoms with Gasteiger partial charge in [-0.1, -0.05) is 29.3 Å². The summed E-state index contributed by atoms with van der Waals surface area (Å²) < 4.78 is 13.1. The quantitative estimate of drug-likeness (QED) is 0.751. The molecule has 2 amide bonds. The second kappa shape index (κ2) is 7.22. The van der Waals surface area contributed by atoms with Gasteiger partial charge in [-0.25, -0.2) is 9.18 Å². The van der Waals surface area contributed by atoms with Crippen molar-refractivity contribution in [3.05, 3.63) is 63.9 Å². The van der Waals surface area contributed by atoms with E-state index in [0.29, 0.717) is 22.2 Å². The lowest BCUT2D eigenvalue weighted by molar-refractivity contribution is 0.180. The number of nitrogens with zero attached hydrogens (tertiary/aromatic N) is 1. The molecule has 2 aromatic carbocycles. The van der Waals surface area contributed by atoms with E-state index in [1.54, 1.807) is 25.2 Å². The largest absolute Gasteiger partial charge is 0.332 e. The van der Waals surface area contributed by atoms with Crippen LogP contribution in [0.5, 0.6) is 0 Å². The molecule has 3 nitrogen and oxygen atoms in total. The predicted molar refractivity (Wildman–Crippen MR) is 100 cm³/mol. The molecule has 0 bridgehead atoms. The Morgan fingerprint density at radius 1 is 1.20 bits per heavy atom. The Bertz CT molecular complexity index is 775. The molecule has 6 heteroatoms. The Morgan fingerprint density at radius 2 is 1.88 bits per heavy atom. The van der Waals surface area contributed by atoms with E-state index in [4.69, 9.17) is 23.2 Å². The number of halogens is 3. The summed E-state index contributed by atoms with van der Waals surface area (Å²) in [6.07, 6.45) is 3.52. The van der Waals surface area contributed by atoms with Crippen LogP contribution >= 0.6 is 23.2 Å². The SMILES string of the molecule is CN(C(=O)NC1(Cc2ccc(Cl)cc2Cl)CCC1)c1ccc(F)cc1. The van der Waals surface area contributed by atoms with Gasteiger partial charge in [0.15, 0.2) is 0 Å². The van der Waals surface area contributed by atoms with Crippen molar-refractivity contribution in [1.82, 2.24) is 5.32 Å². The summed E-state index contributed by atoms with van der Waals surface area (Å²) in [6.45, 7) is 0. The summed E-state index contributed by atoms with van der Waals surface area (Å²) in [4.78, 5) is 14.1. The van der Waals surface area contributed by atoms with Crippen LogP contribution in [0.4, 0.5) is 14.9 Å². The second-order valence-electron chi connectivity index (χ2n) is 6.51. The van der Waals surface area contributed by atoms with Crippen molar-refractivity contribution < 1.29 is 9.18 Å². The lowest BCUT2D eigenvalue weighted by atomic mass is 9.73. The Labute approximate surface area is 156 Å². The molecule has 1 N–H and O–H groups in total. The lowest BCUT2D eigenvalue weighted by Crippen LogP contribution is -2.58. The molecule has 3 rings (SSSR count). The zero-order chi connectivity index (χ0) is 18.0. The van der Waals surface area contributed by atoms with E-state index in [9.17, 15) is 9.18 Å². The van der Waals surface area contributed by atoms with Gasteiger partial charge in [-0.05, 0) is 67.6 Å². The molecule has 0 saturated heterocycles. The molecule has 132 valence electrons. The van der Waals surface area contributed by atoms with E-state index < -0.39 is 0 Å². The maximum atomic E-state index is 13.1. The third kappa shape index (κ3) is 4.07. The molecule has 1 aliphatic carbocycles. The van der Waals surface area contributed by atoms with Crippen LogP contribution in [0.15, 0.2) is 42.5 Å². The molecular formula is C19H19Cl2FN2O. The molecule has 0 radical (unpaired) electrons. The average Bonchev–Trinajstić information content (AvgIpc) is 2.55. The van der Waals surface area contributed by atoms with Gasteiger partial charge in [-0.2, -0.15) is 0 Å². The minimum atomic E-state index is -0.328. The zero-order valence-corrected chi connectivity index (χ0v) is 15.4.